The molecule has 12 nitrogen and oxygen atoms in total. The Balaban J connectivity index is 0.853. The van der Waals surface area contributed by atoms with Gasteiger partial charge in [0.25, 0.3) is 8.32 Å². The van der Waals surface area contributed by atoms with Gasteiger partial charge in [-0.3, -0.25) is 0 Å². The molecule has 1 N–H and O–H groups in total. The van der Waals surface area contributed by atoms with Gasteiger partial charge in [-0.15, -0.1) is 0 Å². The molecule has 18 atom stereocenters. The first-order valence-electron chi connectivity index (χ1n) is 32.1. The number of fused-ring (bicyclic) bond motifs is 7. The van der Waals surface area contributed by atoms with Gasteiger partial charge in [0, 0.05) is 45.1 Å². The van der Waals surface area contributed by atoms with Crippen molar-refractivity contribution >= 4 is 35.3 Å². The Bertz CT molecular complexity index is 2440. The number of hydrogen-bond acceptors (Lipinski definition) is 12. The minimum atomic E-state index is -2.70. The Labute approximate surface area is 497 Å². The maximum absolute atomic E-state index is 10.7. The van der Waals surface area contributed by atoms with Gasteiger partial charge in [-0.1, -0.05) is 156 Å². The average molecular weight is 1190 g/mol. The molecule has 7 saturated heterocycles. The van der Waals surface area contributed by atoms with E-state index in [9.17, 15) is 5.11 Å². The highest BCUT2D eigenvalue weighted by molar-refractivity contribution is 6.99. The second-order valence-electron chi connectivity index (χ2n) is 30.8. The zero-order valence-corrected chi connectivity index (χ0v) is 56.7. The minimum absolute atomic E-state index is 0.0144. The van der Waals surface area contributed by atoms with Gasteiger partial charge < -0.3 is 56.3 Å². The van der Waals surface area contributed by atoms with Gasteiger partial charge in [0.1, 0.15) is 17.8 Å². The molecule has 0 aromatic heterocycles. The summed E-state index contributed by atoms with van der Waals surface area (Å²) in [5.41, 5.74) is -1.30. The van der Waals surface area contributed by atoms with Crippen molar-refractivity contribution < 1.29 is 56.3 Å². The Kier molecular flexibility index (Phi) is 18.1. The van der Waals surface area contributed by atoms with Crippen LogP contribution in [0.4, 0.5) is 0 Å². The number of hydrogen-bond donors (Lipinski definition) is 1. The summed E-state index contributed by atoms with van der Waals surface area (Å²) in [4.78, 5) is 0. The fourth-order valence-electron chi connectivity index (χ4n) is 16.9. The van der Waals surface area contributed by atoms with E-state index in [0.29, 0.717) is 42.5 Å². The van der Waals surface area contributed by atoms with Crippen molar-refractivity contribution in [3.63, 3.8) is 0 Å². The average Bonchev–Trinajstić information content (AvgIpc) is 1.17. The van der Waals surface area contributed by atoms with Crippen LogP contribution < -0.4 is 10.4 Å². The van der Waals surface area contributed by atoms with Crippen LogP contribution in [0.2, 0.25) is 39.8 Å². The molecule has 8 heterocycles. The lowest BCUT2D eigenvalue weighted by atomic mass is 9.72. The first kappa shape index (κ1) is 63.4. The second kappa shape index (κ2) is 23.4. The fraction of sp³-hybridized carbons (Fsp3) is 0.791. The minimum Gasteiger partial charge on any atom is -0.410 e. The third-order valence-electron chi connectivity index (χ3n) is 22.1. The largest absolute Gasteiger partial charge is 0.410 e. The van der Waals surface area contributed by atoms with Crippen LogP contribution in [0.1, 0.15) is 175 Å². The van der Waals surface area contributed by atoms with E-state index in [1.165, 1.54) is 10.4 Å². The van der Waals surface area contributed by atoms with Gasteiger partial charge in [-0.25, -0.2) is 0 Å². The molecule has 0 radical (unpaired) electrons. The number of aliphatic hydroxyl groups is 1. The standard InChI is InChI=1S/C67H108O12Si3/c1-43(2)81(44(3)4,45(5)6)78-61-36-46(26-25-35-69-82(63(10,11)12,47-27-21-19-22-28-47)48-29-23-20-24-30-48)70-60-39-59-64(13,79-67(60,61)16)40-55-52(73-59)37-54-49(71-55)33-34-57-65(14,76-54)42-66(15)58(74-57)38-53-50(75-66)31-32-51(56(41-68)72-53)77-80(17,18)62(7,8)9/h19-24,27-32,43-46,49-61,68H,25-26,33-42H2,1-18H3/t46-,49+,50+,51?,52+,53-,54-,55-,56+,57-,58+,59-,60+,61-,64+,65+,66-,67+/m0/s1. The molecular weight excluding hydrogens is 1080 g/mol. The van der Waals surface area contributed by atoms with E-state index in [4.69, 9.17) is 51.2 Å². The van der Waals surface area contributed by atoms with E-state index < -0.39 is 53.5 Å². The summed E-state index contributed by atoms with van der Waals surface area (Å²) < 4.78 is 80.5. The van der Waals surface area contributed by atoms with Gasteiger partial charge in [0.15, 0.2) is 8.32 Å². The Morgan fingerprint density at radius 1 is 0.598 bits per heavy atom. The molecule has 460 valence electrons. The summed E-state index contributed by atoms with van der Waals surface area (Å²) in [5, 5.41) is 13.2. The lowest BCUT2D eigenvalue weighted by Crippen LogP contribution is -2.73. The Morgan fingerprint density at radius 2 is 1.22 bits per heavy atom. The fourth-order valence-corrected chi connectivity index (χ4v) is 28.4. The zero-order valence-electron chi connectivity index (χ0n) is 53.7. The molecule has 7 fully saturated rings. The summed E-state index contributed by atoms with van der Waals surface area (Å²) in [5.74, 6) is 0. The van der Waals surface area contributed by atoms with Gasteiger partial charge in [-0.05, 0) is 104 Å². The second-order valence-corrected chi connectivity index (χ2v) is 45.3. The third kappa shape index (κ3) is 11.6. The topological polar surface area (TPSA) is 122 Å². The number of ether oxygens (including phenoxy) is 8. The molecule has 10 rings (SSSR count). The normalized spacial score (nSPS) is 39.9. The molecule has 15 heteroatoms. The van der Waals surface area contributed by atoms with Gasteiger partial charge in [-0.2, -0.15) is 0 Å². The van der Waals surface area contributed by atoms with Crippen LogP contribution in [0.15, 0.2) is 72.8 Å². The molecule has 0 spiro atoms. The Morgan fingerprint density at radius 3 is 1.82 bits per heavy atom. The highest BCUT2D eigenvalue weighted by Crippen LogP contribution is 2.56. The lowest BCUT2D eigenvalue weighted by Gasteiger charge is -2.63. The smallest absolute Gasteiger partial charge is 0.261 e. The summed E-state index contributed by atoms with van der Waals surface area (Å²) in [6.45, 7) is 42.1. The summed E-state index contributed by atoms with van der Waals surface area (Å²) in [6.07, 6.45) is 8.87. The molecular formula is C67H108O12Si3. The molecule has 0 amide bonds. The van der Waals surface area contributed by atoms with E-state index in [2.05, 4.69) is 197 Å². The molecule has 8 aliphatic rings. The number of rotatable bonds is 15. The van der Waals surface area contributed by atoms with Crippen molar-refractivity contribution in [3.05, 3.63) is 72.8 Å². The van der Waals surface area contributed by atoms with Crippen LogP contribution in [-0.2, 0) is 51.2 Å². The van der Waals surface area contributed by atoms with Crippen LogP contribution in [0, 0.1) is 0 Å². The van der Waals surface area contributed by atoms with Gasteiger partial charge >= 0.3 is 0 Å². The number of aliphatic hydroxyl groups excluding tert-OH is 1. The van der Waals surface area contributed by atoms with Crippen LogP contribution in [0.3, 0.4) is 0 Å². The highest BCUT2D eigenvalue weighted by Gasteiger charge is 2.66. The molecule has 0 aliphatic carbocycles. The predicted molar refractivity (Wildman–Crippen MR) is 332 cm³/mol. The van der Waals surface area contributed by atoms with E-state index in [0.717, 1.165) is 44.9 Å². The van der Waals surface area contributed by atoms with E-state index in [1.54, 1.807) is 0 Å². The first-order chi connectivity index (χ1) is 38.4. The summed E-state index contributed by atoms with van der Waals surface area (Å²) in [6, 6.07) is 21.9. The maximum Gasteiger partial charge on any atom is 0.261 e. The Hall–Kier alpha value is -1.65. The van der Waals surface area contributed by atoms with Crippen LogP contribution >= 0.6 is 0 Å². The van der Waals surface area contributed by atoms with Gasteiger partial charge in [0.2, 0.25) is 8.32 Å². The van der Waals surface area contributed by atoms with Crippen molar-refractivity contribution in [3.8, 4) is 0 Å². The maximum atomic E-state index is 10.7. The summed E-state index contributed by atoms with van der Waals surface area (Å²) >= 11 is 0. The van der Waals surface area contributed by atoms with E-state index in [1.807, 2.05) is 0 Å². The third-order valence-corrected chi connectivity index (χ3v) is 37.7. The van der Waals surface area contributed by atoms with Crippen LogP contribution in [-0.4, -0.2) is 151 Å². The van der Waals surface area contributed by atoms with Gasteiger partial charge in [0.05, 0.1) is 96.7 Å². The summed E-state index contributed by atoms with van der Waals surface area (Å²) in [7, 11) is -7.25. The van der Waals surface area contributed by atoms with E-state index in [-0.39, 0.29) is 96.0 Å². The highest BCUT2D eigenvalue weighted by atomic mass is 28.4. The van der Waals surface area contributed by atoms with Crippen LogP contribution in [0.5, 0.6) is 0 Å². The van der Waals surface area contributed by atoms with Crippen molar-refractivity contribution in [2.45, 2.75) is 323 Å². The molecule has 2 aromatic carbocycles. The SMILES string of the molecule is CC(C)[Si](O[C@H]1C[C@H](CCCO[Si](c2ccccc2)(c2ccccc2)C(C)(C)C)O[C@@H]2C[C@@H]3O[C@@H]4C[C@@H]5O[C@]6(C)C[C@]7(C)O[C@@H]8C=CC(O[Si](C)(C)C(C)(C)C)[C@@H](CO)O[C@H]8C[C@H]7O[C@H]6CC[C@H]5O[C@H]4C[C@@]3(C)O[C@@]12C)(C(C)C)C(C)C. The van der Waals surface area contributed by atoms with Crippen molar-refractivity contribution in [1.82, 2.24) is 0 Å². The van der Waals surface area contributed by atoms with Crippen molar-refractivity contribution in [2.24, 2.45) is 0 Å². The van der Waals surface area contributed by atoms with Crippen molar-refractivity contribution in [2.75, 3.05) is 13.2 Å². The molecule has 1 unspecified atom stereocenters. The quantitative estimate of drug-likeness (QED) is 0.104. The van der Waals surface area contributed by atoms with E-state index >= 15 is 0 Å². The number of benzene rings is 2. The molecule has 82 heavy (non-hydrogen) atoms. The monoisotopic (exact) mass is 1190 g/mol. The molecule has 2 aromatic rings. The molecule has 8 aliphatic heterocycles. The van der Waals surface area contributed by atoms with Crippen LogP contribution in [0.25, 0.3) is 0 Å². The lowest BCUT2D eigenvalue weighted by molar-refractivity contribution is -0.368. The van der Waals surface area contributed by atoms with Crippen molar-refractivity contribution in [1.29, 1.82) is 0 Å². The zero-order chi connectivity index (χ0) is 59.2. The predicted octanol–water partition coefficient (Wildman–Crippen LogP) is 12.7. The first-order valence-corrected chi connectivity index (χ1v) is 39.1. The molecule has 0 bridgehead atoms. The molecule has 0 saturated carbocycles.